The summed E-state index contributed by atoms with van der Waals surface area (Å²) in [6.45, 7) is 6.72. The van der Waals surface area contributed by atoms with E-state index in [0.29, 0.717) is 31.0 Å². The molecule has 3 aliphatic rings. The lowest BCUT2D eigenvalue weighted by atomic mass is 9.98. The van der Waals surface area contributed by atoms with E-state index in [1.807, 2.05) is 7.05 Å². The van der Waals surface area contributed by atoms with E-state index in [1.165, 1.54) is 25.6 Å². The monoisotopic (exact) mass is 371 g/mol. The maximum atomic E-state index is 11.6. The number of nitrogens with zero attached hydrogens (tertiary/aromatic N) is 3. The molecule has 0 spiro atoms. The van der Waals surface area contributed by atoms with Crippen LogP contribution in [0.5, 0.6) is 0 Å². The summed E-state index contributed by atoms with van der Waals surface area (Å²) in [7, 11) is -1.22. The van der Waals surface area contributed by atoms with Gasteiger partial charge in [-0.15, -0.1) is 0 Å². The Kier molecular flexibility index (Phi) is 5.90. The number of hydrogen-bond donors (Lipinski definition) is 2. The molecule has 0 bridgehead atoms. The minimum absolute atomic E-state index is 0.457. The molecule has 2 heterocycles. The van der Waals surface area contributed by atoms with Crippen LogP contribution in [0.1, 0.15) is 32.6 Å². The molecule has 2 unspecified atom stereocenters. The van der Waals surface area contributed by atoms with Gasteiger partial charge in [-0.25, -0.2) is 12.7 Å². The van der Waals surface area contributed by atoms with Gasteiger partial charge in [-0.1, -0.05) is 6.92 Å². The van der Waals surface area contributed by atoms with Crippen molar-refractivity contribution in [1.29, 1.82) is 0 Å². The fourth-order valence-corrected chi connectivity index (χ4v) is 4.86. The molecule has 7 nitrogen and oxygen atoms in total. The number of hydrogen-bond acceptors (Lipinski definition) is 4. The largest absolute Gasteiger partial charge is 0.356 e. The van der Waals surface area contributed by atoms with Crippen LogP contribution in [0.15, 0.2) is 4.99 Å². The molecule has 3 rings (SSSR count). The van der Waals surface area contributed by atoms with Crippen LogP contribution in [-0.4, -0.2) is 81.7 Å². The number of likely N-dealkylation sites (tertiary alicyclic amines) is 1. The molecule has 1 saturated carbocycles. The third kappa shape index (κ3) is 5.08. The molecule has 8 heteroatoms. The Morgan fingerprint density at radius 3 is 2.40 bits per heavy atom. The van der Waals surface area contributed by atoms with Gasteiger partial charge in [0.05, 0.1) is 6.26 Å². The van der Waals surface area contributed by atoms with Crippen LogP contribution in [0, 0.1) is 11.8 Å². The molecule has 3 fully saturated rings. The smallest absolute Gasteiger partial charge is 0.211 e. The Balaban J connectivity index is 1.41. The molecule has 2 aliphatic heterocycles. The lowest BCUT2D eigenvalue weighted by Gasteiger charge is -2.31. The van der Waals surface area contributed by atoms with E-state index in [0.717, 1.165) is 37.9 Å². The van der Waals surface area contributed by atoms with Gasteiger partial charge in [-0.3, -0.25) is 9.89 Å². The van der Waals surface area contributed by atoms with Crippen LogP contribution >= 0.6 is 0 Å². The van der Waals surface area contributed by atoms with Crippen molar-refractivity contribution in [3.63, 3.8) is 0 Å². The summed E-state index contributed by atoms with van der Waals surface area (Å²) in [5.41, 5.74) is 0. The summed E-state index contributed by atoms with van der Waals surface area (Å²) in [6.07, 6.45) is 5.83. The molecule has 0 aromatic carbocycles. The second kappa shape index (κ2) is 7.80. The minimum Gasteiger partial charge on any atom is -0.356 e. The lowest BCUT2D eigenvalue weighted by molar-refractivity contribution is 0.274. The molecule has 0 aromatic heterocycles. The van der Waals surface area contributed by atoms with Crippen LogP contribution in [-0.2, 0) is 10.0 Å². The first kappa shape index (κ1) is 18.9. The van der Waals surface area contributed by atoms with E-state index in [1.54, 1.807) is 4.31 Å². The fraction of sp³-hybridized carbons (Fsp3) is 0.941. The third-order valence-corrected chi connectivity index (χ3v) is 7.15. The summed E-state index contributed by atoms with van der Waals surface area (Å²) in [4.78, 5) is 6.99. The average Bonchev–Trinajstić information content (AvgIpc) is 3.35. The molecule has 0 aromatic rings. The van der Waals surface area contributed by atoms with Crippen molar-refractivity contribution in [2.75, 3.05) is 46.0 Å². The topological polar surface area (TPSA) is 77.0 Å². The molecule has 0 amide bonds. The Bertz CT molecular complexity index is 582. The van der Waals surface area contributed by atoms with Gasteiger partial charge in [0.1, 0.15) is 0 Å². The number of sulfonamides is 1. The maximum absolute atomic E-state index is 11.6. The first-order chi connectivity index (χ1) is 11.9. The van der Waals surface area contributed by atoms with E-state index in [-0.39, 0.29) is 0 Å². The zero-order valence-corrected chi connectivity index (χ0v) is 16.6. The Morgan fingerprint density at radius 2 is 1.84 bits per heavy atom. The highest BCUT2D eigenvalue weighted by molar-refractivity contribution is 7.88. The number of guanidine groups is 1. The Morgan fingerprint density at radius 1 is 1.16 bits per heavy atom. The first-order valence-corrected chi connectivity index (χ1v) is 11.4. The van der Waals surface area contributed by atoms with E-state index < -0.39 is 10.0 Å². The van der Waals surface area contributed by atoms with Crippen molar-refractivity contribution in [2.45, 2.75) is 44.7 Å². The molecule has 144 valence electrons. The van der Waals surface area contributed by atoms with E-state index in [9.17, 15) is 8.42 Å². The van der Waals surface area contributed by atoms with E-state index in [2.05, 4.69) is 27.4 Å². The molecule has 2 saturated heterocycles. The second-order valence-corrected chi connectivity index (χ2v) is 9.95. The van der Waals surface area contributed by atoms with E-state index >= 15 is 0 Å². The first-order valence-electron chi connectivity index (χ1n) is 9.53. The van der Waals surface area contributed by atoms with Gasteiger partial charge in [0.25, 0.3) is 0 Å². The van der Waals surface area contributed by atoms with Gasteiger partial charge in [-0.2, -0.15) is 0 Å². The predicted molar refractivity (Wildman–Crippen MR) is 101 cm³/mol. The van der Waals surface area contributed by atoms with Crippen molar-refractivity contribution in [2.24, 2.45) is 16.8 Å². The van der Waals surface area contributed by atoms with Gasteiger partial charge in [0.15, 0.2) is 5.96 Å². The number of aliphatic imine (C=N–C) groups is 1. The van der Waals surface area contributed by atoms with Crippen molar-refractivity contribution < 1.29 is 8.42 Å². The van der Waals surface area contributed by atoms with Crippen molar-refractivity contribution in [3.05, 3.63) is 0 Å². The van der Waals surface area contributed by atoms with Crippen molar-refractivity contribution >= 4 is 16.0 Å². The average molecular weight is 372 g/mol. The fourth-order valence-electron chi connectivity index (χ4n) is 3.99. The van der Waals surface area contributed by atoms with Crippen LogP contribution in [0.2, 0.25) is 0 Å². The SMILES string of the molecule is CN=C(NCC1CCN(S(C)(=O)=O)CC1)NC1CN(C2CC2)CC1C. The van der Waals surface area contributed by atoms with Crippen LogP contribution in [0.4, 0.5) is 0 Å². The van der Waals surface area contributed by atoms with Gasteiger partial charge >= 0.3 is 0 Å². The summed E-state index contributed by atoms with van der Waals surface area (Å²) in [5, 5.41) is 7.04. The highest BCUT2D eigenvalue weighted by Gasteiger charge is 2.38. The molecule has 2 atom stereocenters. The lowest BCUT2D eigenvalue weighted by Crippen LogP contribution is -2.48. The second-order valence-electron chi connectivity index (χ2n) is 7.97. The van der Waals surface area contributed by atoms with Crippen molar-refractivity contribution in [1.82, 2.24) is 19.8 Å². The van der Waals surface area contributed by atoms with Gasteiger partial charge in [-0.05, 0) is 37.5 Å². The van der Waals surface area contributed by atoms with Gasteiger partial charge in [0.2, 0.25) is 10.0 Å². The number of piperidine rings is 1. The number of nitrogens with one attached hydrogen (secondary N) is 2. The zero-order valence-electron chi connectivity index (χ0n) is 15.7. The number of rotatable bonds is 5. The third-order valence-electron chi connectivity index (χ3n) is 5.85. The summed E-state index contributed by atoms with van der Waals surface area (Å²) in [6, 6.07) is 1.28. The summed E-state index contributed by atoms with van der Waals surface area (Å²) >= 11 is 0. The quantitative estimate of drug-likeness (QED) is 0.537. The highest BCUT2D eigenvalue weighted by atomic mass is 32.2. The normalized spacial score (nSPS) is 30.6. The van der Waals surface area contributed by atoms with Crippen LogP contribution < -0.4 is 10.6 Å². The minimum atomic E-state index is -3.04. The van der Waals surface area contributed by atoms with Gasteiger partial charge in [0, 0.05) is 51.9 Å². The molecule has 2 N–H and O–H groups in total. The van der Waals surface area contributed by atoms with E-state index in [4.69, 9.17) is 0 Å². The molecular formula is C17H33N5O2S. The summed E-state index contributed by atoms with van der Waals surface area (Å²) in [5.74, 6) is 2.01. The van der Waals surface area contributed by atoms with Gasteiger partial charge < -0.3 is 10.6 Å². The maximum Gasteiger partial charge on any atom is 0.211 e. The van der Waals surface area contributed by atoms with Crippen LogP contribution in [0.3, 0.4) is 0 Å². The zero-order chi connectivity index (χ0) is 18.0. The van der Waals surface area contributed by atoms with Crippen LogP contribution in [0.25, 0.3) is 0 Å². The summed E-state index contributed by atoms with van der Waals surface area (Å²) < 4.78 is 24.8. The highest BCUT2D eigenvalue weighted by Crippen LogP contribution is 2.31. The van der Waals surface area contributed by atoms with Crippen molar-refractivity contribution in [3.8, 4) is 0 Å². The Labute approximate surface area is 152 Å². The Hall–Kier alpha value is -0.860. The molecule has 1 aliphatic carbocycles. The molecule has 0 radical (unpaired) electrons. The standard InChI is InChI=1S/C17H33N5O2S/c1-13-11-21(15-4-5-15)12-16(13)20-17(18-2)19-10-14-6-8-22(9-7-14)25(3,23)24/h13-16H,4-12H2,1-3H3,(H2,18,19,20). The predicted octanol–water partition coefficient (Wildman–Crippen LogP) is 0.306. The molecule has 25 heavy (non-hydrogen) atoms. The molecular weight excluding hydrogens is 338 g/mol.